The van der Waals surface area contributed by atoms with Crippen molar-refractivity contribution in [2.75, 3.05) is 0 Å². The number of hydrogen-bond donors (Lipinski definition) is 2. The summed E-state index contributed by atoms with van der Waals surface area (Å²) in [7, 11) is 0. The van der Waals surface area contributed by atoms with Crippen LogP contribution in [0.1, 0.15) is 20.7 Å². The van der Waals surface area contributed by atoms with Gasteiger partial charge in [0, 0.05) is 0 Å². The summed E-state index contributed by atoms with van der Waals surface area (Å²) in [5, 5.41) is 13.2. The van der Waals surface area contributed by atoms with Gasteiger partial charge in [-0.25, -0.2) is 9.18 Å². The van der Waals surface area contributed by atoms with Gasteiger partial charge >= 0.3 is 5.97 Å². The zero-order valence-corrected chi connectivity index (χ0v) is 15.3. The highest BCUT2D eigenvalue weighted by atomic mass is 35.5. The molecule has 4 nitrogen and oxygen atoms in total. The molecule has 4 rings (SSSR count). The summed E-state index contributed by atoms with van der Waals surface area (Å²) >= 11 is 5.38. The van der Waals surface area contributed by atoms with Gasteiger partial charge in [-0.1, -0.05) is 48.0 Å². The van der Waals surface area contributed by atoms with Crippen LogP contribution in [0.4, 0.5) is 4.39 Å². The molecule has 28 heavy (non-hydrogen) atoms. The van der Waals surface area contributed by atoms with Crippen LogP contribution in [0, 0.1) is 5.82 Å². The number of hydrogen-bond acceptors (Lipinski definition) is 2. The number of primary amides is 1. The number of aromatic carboxylic acids is 1. The zero-order chi connectivity index (χ0) is 20.3. The highest BCUT2D eigenvalue weighted by Gasteiger charge is 2.09. The van der Waals surface area contributed by atoms with Gasteiger partial charge in [0.25, 0.3) is 5.91 Å². The van der Waals surface area contributed by atoms with Crippen LogP contribution < -0.4 is 5.73 Å². The van der Waals surface area contributed by atoms with Crippen LogP contribution in [0.15, 0.2) is 72.8 Å². The lowest BCUT2D eigenvalue weighted by atomic mass is 10.0. The number of rotatable bonds is 2. The number of halogens is 2. The van der Waals surface area contributed by atoms with Crippen molar-refractivity contribution in [2.45, 2.75) is 0 Å². The Hall–Kier alpha value is -3.44. The van der Waals surface area contributed by atoms with Gasteiger partial charge < -0.3 is 10.8 Å². The van der Waals surface area contributed by atoms with Gasteiger partial charge in [0.15, 0.2) is 5.82 Å². The Labute approximate surface area is 165 Å². The molecule has 4 aromatic rings. The standard InChI is InChI=1S/C15H10O2.C7H5ClFNO/c16-15(17)13-6-5-12-7-10-3-1-2-4-11(10)8-14(12)9-13;8-5-3-1-2-4(6(5)9)7(10)11/h1-9H,(H,16,17);1-3H,(H2,10,11). The monoisotopic (exact) mass is 395 g/mol. The predicted molar refractivity (Wildman–Crippen MR) is 108 cm³/mol. The van der Waals surface area contributed by atoms with E-state index in [-0.39, 0.29) is 10.6 Å². The maximum Gasteiger partial charge on any atom is 0.335 e. The minimum Gasteiger partial charge on any atom is -0.478 e. The van der Waals surface area contributed by atoms with Crippen molar-refractivity contribution in [3.8, 4) is 0 Å². The number of carboxylic acid groups (broad SMARTS) is 1. The van der Waals surface area contributed by atoms with E-state index in [1.807, 2.05) is 30.3 Å². The summed E-state index contributed by atoms with van der Waals surface area (Å²) in [6, 6.07) is 21.5. The average Bonchev–Trinajstić information content (AvgIpc) is 2.68. The van der Waals surface area contributed by atoms with E-state index in [2.05, 4.69) is 12.1 Å². The first-order chi connectivity index (χ1) is 13.4. The van der Waals surface area contributed by atoms with Crippen LogP contribution in [-0.2, 0) is 0 Å². The van der Waals surface area contributed by atoms with Crippen molar-refractivity contribution < 1.29 is 19.1 Å². The Balaban J connectivity index is 0.000000178. The van der Waals surface area contributed by atoms with Crippen LogP contribution in [0.3, 0.4) is 0 Å². The molecule has 0 spiro atoms. The van der Waals surface area contributed by atoms with E-state index in [4.69, 9.17) is 22.4 Å². The van der Waals surface area contributed by atoms with Crippen molar-refractivity contribution in [3.63, 3.8) is 0 Å². The average molecular weight is 396 g/mol. The Morgan fingerprint density at radius 3 is 2.00 bits per heavy atom. The topological polar surface area (TPSA) is 80.4 Å². The van der Waals surface area contributed by atoms with Crippen molar-refractivity contribution >= 4 is 45.0 Å². The molecule has 0 saturated carbocycles. The molecule has 0 aliphatic carbocycles. The van der Waals surface area contributed by atoms with Gasteiger partial charge in [-0.2, -0.15) is 0 Å². The van der Waals surface area contributed by atoms with Crippen LogP contribution in [0.5, 0.6) is 0 Å². The van der Waals surface area contributed by atoms with E-state index in [0.29, 0.717) is 5.56 Å². The molecule has 0 saturated heterocycles. The summed E-state index contributed by atoms with van der Waals surface area (Å²) in [6.07, 6.45) is 0. The Kier molecular flexibility index (Phi) is 5.57. The predicted octanol–water partition coefficient (Wildman–Crippen LogP) is 5.27. The minimum atomic E-state index is -0.889. The smallest absolute Gasteiger partial charge is 0.335 e. The maximum absolute atomic E-state index is 12.8. The fourth-order valence-electron chi connectivity index (χ4n) is 2.77. The SMILES string of the molecule is NC(=O)c1cccc(Cl)c1F.O=C(O)c1ccc2cc3ccccc3cc2c1. The quantitative estimate of drug-likeness (QED) is 0.454. The van der Waals surface area contributed by atoms with Crippen LogP contribution in [0.2, 0.25) is 5.02 Å². The molecule has 0 radical (unpaired) electrons. The first kappa shape index (κ1) is 19.3. The van der Waals surface area contributed by atoms with Crippen molar-refractivity contribution in [1.82, 2.24) is 0 Å². The molecular weight excluding hydrogens is 381 g/mol. The third-order valence-electron chi connectivity index (χ3n) is 4.17. The molecule has 0 aliphatic heterocycles. The second-order valence-electron chi connectivity index (χ2n) is 6.03. The molecule has 0 atom stereocenters. The van der Waals surface area contributed by atoms with E-state index >= 15 is 0 Å². The highest BCUT2D eigenvalue weighted by molar-refractivity contribution is 6.31. The lowest BCUT2D eigenvalue weighted by molar-refractivity contribution is 0.0696. The van der Waals surface area contributed by atoms with Crippen LogP contribution in [0.25, 0.3) is 21.5 Å². The van der Waals surface area contributed by atoms with E-state index in [1.165, 1.54) is 23.6 Å². The number of carboxylic acids is 1. The first-order valence-electron chi connectivity index (χ1n) is 8.26. The van der Waals surface area contributed by atoms with E-state index in [9.17, 15) is 14.0 Å². The third kappa shape index (κ3) is 4.10. The fourth-order valence-corrected chi connectivity index (χ4v) is 2.94. The Morgan fingerprint density at radius 1 is 0.821 bits per heavy atom. The van der Waals surface area contributed by atoms with Crippen molar-refractivity contribution in [1.29, 1.82) is 0 Å². The molecule has 0 heterocycles. The van der Waals surface area contributed by atoms with Gasteiger partial charge in [0.05, 0.1) is 16.1 Å². The number of benzene rings is 4. The molecule has 140 valence electrons. The minimum absolute atomic E-state index is 0.0960. The summed E-state index contributed by atoms with van der Waals surface area (Å²) in [5.41, 5.74) is 4.99. The van der Waals surface area contributed by atoms with Crippen molar-refractivity contribution in [2.24, 2.45) is 5.73 Å². The Morgan fingerprint density at radius 2 is 1.43 bits per heavy atom. The summed E-state index contributed by atoms with van der Waals surface area (Å²) in [4.78, 5) is 21.4. The molecule has 0 bridgehead atoms. The van der Waals surface area contributed by atoms with Gasteiger partial charge in [-0.15, -0.1) is 0 Å². The largest absolute Gasteiger partial charge is 0.478 e. The van der Waals surface area contributed by atoms with Crippen molar-refractivity contribution in [3.05, 3.63) is 94.8 Å². The molecular formula is C22H15ClFNO3. The maximum atomic E-state index is 12.8. The van der Waals surface area contributed by atoms with Gasteiger partial charge in [0.2, 0.25) is 0 Å². The number of carbonyl (C=O) groups is 2. The number of fused-ring (bicyclic) bond motifs is 2. The molecule has 6 heteroatoms. The number of amides is 1. The third-order valence-corrected chi connectivity index (χ3v) is 4.46. The first-order valence-corrected chi connectivity index (χ1v) is 8.64. The molecule has 4 aromatic carbocycles. The normalized spacial score (nSPS) is 10.4. The van der Waals surface area contributed by atoms with E-state index < -0.39 is 17.7 Å². The molecule has 3 N–H and O–H groups in total. The number of carbonyl (C=O) groups excluding carboxylic acids is 1. The molecule has 0 aliphatic rings. The van der Waals surface area contributed by atoms with Crippen LogP contribution in [-0.4, -0.2) is 17.0 Å². The lowest BCUT2D eigenvalue weighted by Crippen LogP contribution is -2.12. The Bertz CT molecular complexity index is 1210. The fraction of sp³-hybridized carbons (Fsp3) is 0. The second kappa shape index (κ2) is 8.06. The summed E-state index contributed by atoms with van der Waals surface area (Å²) < 4.78 is 12.8. The molecule has 1 amide bonds. The summed E-state index contributed by atoms with van der Waals surface area (Å²) in [5.74, 6) is -2.47. The van der Waals surface area contributed by atoms with Crippen LogP contribution >= 0.6 is 11.6 Å². The van der Waals surface area contributed by atoms with Gasteiger partial charge in [0.1, 0.15) is 0 Å². The molecule has 0 fully saturated rings. The van der Waals surface area contributed by atoms with E-state index in [0.717, 1.165) is 16.2 Å². The second-order valence-corrected chi connectivity index (χ2v) is 6.44. The highest BCUT2D eigenvalue weighted by Crippen LogP contribution is 2.23. The number of nitrogens with two attached hydrogens (primary N) is 1. The van der Waals surface area contributed by atoms with E-state index in [1.54, 1.807) is 12.1 Å². The summed E-state index contributed by atoms with van der Waals surface area (Å²) in [6.45, 7) is 0. The van der Waals surface area contributed by atoms with Gasteiger partial charge in [-0.3, -0.25) is 4.79 Å². The molecule has 0 aromatic heterocycles. The lowest BCUT2D eigenvalue weighted by Gasteiger charge is -2.03. The van der Waals surface area contributed by atoms with Gasteiger partial charge in [-0.05, 0) is 57.9 Å². The zero-order valence-electron chi connectivity index (χ0n) is 14.5. The molecule has 0 unspecified atom stereocenters.